The van der Waals surface area contributed by atoms with Gasteiger partial charge in [-0.3, -0.25) is 0 Å². The molecule has 1 aromatic carbocycles. The smallest absolute Gasteiger partial charge is 0.122 e. The molecule has 1 aromatic rings. The maximum atomic E-state index is 5.63. The van der Waals surface area contributed by atoms with Crippen LogP contribution < -0.4 is 10.5 Å². The predicted molar refractivity (Wildman–Crippen MR) is 51.9 cm³/mol. The van der Waals surface area contributed by atoms with Crippen molar-refractivity contribution < 1.29 is 4.74 Å². The van der Waals surface area contributed by atoms with Crippen LogP contribution in [0.25, 0.3) is 0 Å². The van der Waals surface area contributed by atoms with Gasteiger partial charge in [-0.15, -0.1) is 12.4 Å². The lowest BCUT2D eigenvalue weighted by molar-refractivity contribution is 0.288. The molecule has 0 spiro atoms. The quantitative estimate of drug-likeness (QED) is 0.628. The number of aryl methyl sites for hydroxylation is 1. The zero-order valence-electron chi connectivity index (χ0n) is 6.75. The summed E-state index contributed by atoms with van der Waals surface area (Å²) >= 11 is 0. The monoisotopic (exact) mass is 185 g/mol. The molecule has 12 heavy (non-hydrogen) atoms. The van der Waals surface area contributed by atoms with Crippen LogP contribution >= 0.6 is 12.4 Å². The number of benzene rings is 1. The molecule has 0 bridgehead atoms. The number of anilines is 1. The topological polar surface area (TPSA) is 35.2 Å². The first-order valence-corrected chi connectivity index (χ1v) is 3.87. The minimum atomic E-state index is 0. The molecule has 0 saturated carbocycles. The van der Waals surface area contributed by atoms with Gasteiger partial charge in [0.15, 0.2) is 0 Å². The highest BCUT2D eigenvalue weighted by Gasteiger charge is 2.08. The van der Waals surface area contributed by atoms with Crippen LogP contribution in [0.1, 0.15) is 12.0 Å². The molecule has 66 valence electrons. The van der Waals surface area contributed by atoms with Gasteiger partial charge in [-0.05, 0) is 36.6 Å². The third-order valence-corrected chi connectivity index (χ3v) is 1.93. The van der Waals surface area contributed by atoms with Gasteiger partial charge >= 0.3 is 0 Å². The fourth-order valence-electron chi connectivity index (χ4n) is 1.38. The molecule has 2 N–H and O–H groups in total. The van der Waals surface area contributed by atoms with E-state index in [1.807, 2.05) is 18.2 Å². The summed E-state index contributed by atoms with van der Waals surface area (Å²) in [6, 6.07) is 5.82. The number of hydrogen-bond acceptors (Lipinski definition) is 2. The molecular weight excluding hydrogens is 174 g/mol. The predicted octanol–water partition coefficient (Wildman–Crippen LogP) is 2.02. The van der Waals surface area contributed by atoms with Crippen LogP contribution in [0.5, 0.6) is 5.75 Å². The van der Waals surface area contributed by atoms with E-state index in [0.717, 1.165) is 30.9 Å². The van der Waals surface area contributed by atoms with E-state index in [-0.39, 0.29) is 12.4 Å². The van der Waals surface area contributed by atoms with Gasteiger partial charge in [0.05, 0.1) is 6.61 Å². The SMILES string of the molecule is Cl.Nc1ccc2c(c1)CCCO2. The maximum absolute atomic E-state index is 5.63. The summed E-state index contributed by atoms with van der Waals surface area (Å²) < 4.78 is 5.42. The number of ether oxygens (including phenoxy) is 1. The highest BCUT2D eigenvalue weighted by Crippen LogP contribution is 2.25. The second-order valence-corrected chi connectivity index (χ2v) is 2.82. The second-order valence-electron chi connectivity index (χ2n) is 2.82. The van der Waals surface area contributed by atoms with Crippen molar-refractivity contribution in [3.05, 3.63) is 23.8 Å². The Balaban J connectivity index is 0.000000720. The molecule has 0 aromatic heterocycles. The minimum Gasteiger partial charge on any atom is -0.493 e. The summed E-state index contributed by atoms with van der Waals surface area (Å²) in [7, 11) is 0. The van der Waals surface area contributed by atoms with E-state index >= 15 is 0 Å². The molecule has 0 amide bonds. The van der Waals surface area contributed by atoms with E-state index < -0.39 is 0 Å². The molecule has 1 heterocycles. The molecule has 3 heteroatoms. The number of hydrogen-bond donors (Lipinski definition) is 1. The molecule has 2 nitrogen and oxygen atoms in total. The van der Waals surface area contributed by atoms with E-state index in [2.05, 4.69) is 0 Å². The van der Waals surface area contributed by atoms with Crippen molar-refractivity contribution in [3.63, 3.8) is 0 Å². The van der Waals surface area contributed by atoms with Gasteiger partial charge in [0.1, 0.15) is 5.75 Å². The number of nitrogens with two attached hydrogens (primary N) is 1. The van der Waals surface area contributed by atoms with E-state index in [9.17, 15) is 0 Å². The molecule has 0 fully saturated rings. The largest absolute Gasteiger partial charge is 0.493 e. The van der Waals surface area contributed by atoms with Crippen molar-refractivity contribution in [2.24, 2.45) is 0 Å². The van der Waals surface area contributed by atoms with E-state index in [1.54, 1.807) is 0 Å². The van der Waals surface area contributed by atoms with Crippen molar-refractivity contribution in [3.8, 4) is 5.75 Å². The molecule has 0 saturated heterocycles. The van der Waals surface area contributed by atoms with E-state index in [1.165, 1.54) is 5.56 Å². The van der Waals surface area contributed by atoms with Crippen LogP contribution in [0.4, 0.5) is 5.69 Å². The first-order chi connectivity index (χ1) is 5.36. The van der Waals surface area contributed by atoms with Gasteiger partial charge in [-0.1, -0.05) is 0 Å². The van der Waals surface area contributed by atoms with Gasteiger partial charge in [0.2, 0.25) is 0 Å². The standard InChI is InChI=1S/C9H11NO.ClH/c10-8-3-4-9-7(6-8)2-1-5-11-9;/h3-4,6H,1-2,5,10H2;1H. The normalized spacial score (nSPS) is 14.0. The molecule has 2 rings (SSSR count). The molecule has 1 aliphatic heterocycles. The molecule has 0 aliphatic carbocycles. The Hall–Kier alpha value is -0.890. The van der Waals surface area contributed by atoms with Crippen LogP contribution in [0, 0.1) is 0 Å². The average molecular weight is 186 g/mol. The summed E-state index contributed by atoms with van der Waals surface area (Å²) in [5, 5.41) is 0. The Bertz CT molecular complexity index is 275. The number of halogens is 1. The Morgan fingerprint density at radius 2 is 2.17 bits per heavy atom. The second kappa shape index (κ2) is 3.68. The van der Waals surface area contributed by atoms with Crippen molar-refractivity contribution in [1.82, 2.24) is 0 Å². The molecule has 0 radical (unpaired) electrons. The van der Waals surface area contributed by atoms with Crippen LogP contribution in [-0.4, -0.2) is 6.61 Å². The lowest BCUT2D eigenvalue weighted by atomic mass is 10.1. The van der Waals surface area contributed by atoms with Crippen molar-refractivity contribution in [2.45, 2.75) is 12.8 Å². The van der Waals surface area contributed by atoms with Crippen LogP contribution in [0.3, 0.4) is 0 Å². The summed E-state index contributed by atoms with van der Waals surface area (Å²) in [5.41, 5.74) is 7.70. The highest BCUT2D eigenvalue weighted by molar-refractivity contribution is 5.85. The summed E-state index contributed by atoms with van der Waals surface area (Å²) in [6.45, 7) is 0.844. The Morgan fingerprint density at radius 3 is 3.00 bits per heavy atom. The fourth-order valence-corrected chi connectivity index (χ4v) is 1.38. The average Bonchev–Trinajstić information content (AvgIpc) is 2.04. The van der Waals surface area contributed by atoms with Crippen LogP contribution in [0.2, 0.25) is 0 Å². The molecule has 1 aliphatic rings. The first kappa shape index (κ1) is 9.20. The molecule has 0 unspecified atom stereocenters. The van der Waals surface area contributed by atoms with E-state index in [0.29, 0.717) is 0 Å². The van der Waals surface area contributed by atoms with Crippen molar-refractivity contribution in [2.75, 3.05) is 12.3 Å². The highest BCUT2D eigenvalue weighted by atomic mass is 35.5. The first-order valence-electron chi connectivity index (χ1n) is 3.87. The van der Waals surface area contributed by atoms with Gasteiger partial charge in [-0.2, -0.15) is 0 Å². The fraction of sp³-hybridized carbons (Fsp3) is 0.333. The van der Waals surface area contributed by atoms with Gasteiger partial charge in [0.25, 0.3) is 0 Å². The molecule has 0 atom stereocenters. The van der Waals surface area contributed by atoms with Crippen LogP contribution in [0.15, 0.2) is 18.2 Å². The van der Waals surface area contributed by atoms with Crippen LogP contribution in [-0.2, 0) is 6.42 Å². The van der Waals surface area contributed by atoms with E-state index in [4.69, 9.17) is 10.5 Å². The Labute approximate surface area is 78.1 Å². The zero-order chi connectivity index (χ0) is 7.68. The lowest BCUT2D eigenvalue weighted by Crippen LogP contribution is -2.08. The third-order valence-electron chi connectivity index (χ3n) is 1.93. The number of rotatable bonds is 0. The van der Waals surface area contributed by atoms with Gasteiger partial charge < -0.3 is 10.5 Å². The number of fused-ring (bicyclic) bond motifs is 1. The summed E-state index contributed by atoms with van der Waals surface area (Å²) in [6.07, 6.45) is 2.21. The summed E-state index contributed by atoms with van der Waals surface area (Å²) in [4.78, 5) is 0. The van der Waals surface area contributed by atoms with Gasteiger partial charge in [0, 0.05) is 5.69 Å². The van der Waals surface area contributed by atoms with Crippen molar-refractivity contribution in [1.29, 1.82) is 0 Å². The maximum Gasteiger partial charge on any atom is 0.122 e. The minimum absolute atomic E-state index is 0. The third kappa shape index (κ3) is 1.64. The zero-order valence-corrected chi connectivity index (χ0v) is 7.56. The molecular formula is C9H12ClNO. The lowest BCUT2D eigenvalue weighted by Gasteiger charge is -2.16. The van der Waals surface area contributed by atoms with Crippen molar-refractivity contribution >= 4 is 18.1 Å². The summed E-state index contributed by atoms with van der Waals surface area (Å²) in [5.74, 6) is 1.01. The number of nitrogen functional groups attached to an aromatic ring is 1. The van der Waals surface area contributed by atoms with Gasteiger partial charge in [-0.25, -0.2) is 0 Å². The Morgan fingerprint density at radius 1 is 1.33 bits per heavy atom. The Kier molecular flexibility index (Phi) is 2.82.